The zero-order valence-corrected chi connectivity index (χ0v) is 15.7. The summed E-state index contributed by atoms with van der Waals surface area (Å²) in [5.74, 6) is 1.42. The summed E-state index contributed by atoms with van der Waals surface area (Å²) in [6.07, 6.45) is 3.87. The van der Waals surface area contributed by atoms with Gasteiger partial charge in [0.25, 0.3) is 0 Å². The molecule has 0 heterocycles. The van der Waals surface area contributed by atoms with Crippen LogP contribution >= 0.6 is 0 Å². The smallest absolute Gasteiger partial charge is 0.238 e. The number of nitrogens with one attached hydrogen (secondary N) is 1. The van der Waals surface area contributed by atoms with E-state index in [0.717, 1.165) is 30.3 Å². The van der Waals surface area contributed by atoms with Gasteiger partial charge in [0.05, 0.1) is 19.3 Å². The molecule has 1 fully saturated rings. The van der Waals surface area contributed by atoms with E-state index >= 15 is 0 Å². The molecule has 1 saturated carbocycles. The van der Waals surface area contributed by atoms with E-state index < -0.39 is 0 Å². The molecule has 0 aliphatic heterocycles. The Labute approximate surface area is 156 Å². The van der Waals surface area contributed by atoms with Gasteiger partial charge < -0.3 is 10.1 Å². The van der Waals surface area contributed by atoms with Crippen LogP contribution in [0.4, 0.5) is 5.69 Å². The molecule has 2 aromatic rings. The average molecular weight is 352 g/mol. The molecule has 4 heteroatoms. The Morgan fingerprint density at radius 2 is 1.96 bits per heavy atom. The summed E-state index contributed by atoms with van der Waals surface area (Å²) >= 11 is 0. The average Bonchev–Trinajstić information content (AvgIpc) is 2.59. The van der Waals surface area contributed by atoms with Crippen molar-refractivity contribution >= 4 is 11.6 Å². The van der Waals surface area contributed by atoms with Crippen LogP contribution in [0.5, 0.6) is 5.75 Å². The van der Waals surface area contributed by atoms with Gasteiger partial charge in [-0.25, -0.2) is 0 Å². The molecule has 0 unspecified atom stereocenters. The second-order valence-corrected chi connectivity index (χ2v) is 7.20. The topological polar surface area (TPSA) is 41.6 Å². The van der Waals surface area contributed by atoms with Crippen molar-refractivity contribution in [2.75, 3.05) is 25.5 Å². The molecule has 0 spiro atoms. The van der Waals surface area contributed by atoms with E-state index in [4.69, 9.17) is 4.74 Å². The SMILES string of the molecule is COc1ccc(C)cc1NC(=O)CN(Cc1ccccc1)CC1CCC1. The van der Waals surface area contributed by atoms with Crippen molar-refractivity contribution in [3.8, 4) is 5.75 Å². The van der Waals surface area contributed by atoms with Crippen molar-refractivity contribution in [1.29, 1.82) is 0 Å². The van der Waals surface area contributed by atoms with Gasteiger partial charge in [0, 0.05) is 13.1 Å². The standard InChI is InChI=1S/C22H28N2O2/c1-17-11-12-21(26-2)20(13-17)23-22(25)16-24(15-19-9-6-10-19)14-18-7-4-3-5-8-18/h3-5,7-8,11-13,19H,6,9-10,14-16H2,1-2H3,(H,23,25). The zero-order chi connectivity index (χ0) is 18.4. The summed E-state index contributed by atoms with van der Waals surface area (Å²) in [7, 11) is 1.62. The first-order valence-electron chi connectivity index (χ1n) is 9.35. The van der Waals surface area contributed by atoms with E-state index in [1.165, 1.54) is 24.8 Å². The Balaban J connectivity index is 1.65. The fraction of sp³-hybridized carbons (Fsp3) is 0.409. The van der Waals surface area contributed by atoms with Crippen LogP contribution in [0.1, 0.15) is 30.4 Å². The van der Waals surface area contributed by atoms with E-state index in [1.807, 2.05) is 31.2 Å². The van der Waals surface area contributed by atoms with Crippen molar-refractivity contribution in [3.05, 3.63) is 59.7 Å². The van der Waals surface area contributed by atoms with Crippen molar-refractivity contribution in [2.24, 2.45) is 5.92 Å². The van der Waals surface area contributed by atoms with Crippen LogP contribution in [0.15, 0.2) is 48.5 Å². The molecule has 4 nitrogen and oxygen atoms in total. The van der Waals surface area contributed by atoms with Gasteiger partial charge in [-0.3, -0.25) is 9.69 Å². The predicted octanol–water partition coefficient (Wildman–Crippen LogP) is 4.24. The molecule has 3 rings (SSSR count). The fourth-order valence-corrected chi connectivity index (χ4v) is 3.38. The molecule has 1 amide bonds. The third-order valence-corrected chi connectivity index (χ3v) is 4.99. The number of hydrogen-bond donors (Lipinski definition) is 1. The number of carbonyl (C=O) groups is 1. The Bertz CT molecular complexity index is 726. The van der Waals surface area contributed by atoms with Crippen LogP contribution in [0, 0.1) is 12.8 Å². The minimum absolute atomic E-state index is 0.00385. The van der Waals surface area contributed by atoms with Crippen LogP contribution in [0.25, 0.3) is 0 Å². The van der Waals surface area contributed by atoms with Gasteiger partial charge in [0.1, 0.15) is 5.75 Å². The molecule has 0 radical (unpaired) electrons. The van der Waals surface area contributed by atoms with Gasteiger partial charge in [-0.2, -0.15) is 0 Å². The number of hydrogen-bond acceptors (Lipinski definition) is 3. The lowest BCUT2D eigenvalue weighted by molar-refractivity contribution is -0.117. The second-order valence-electron chi connectivity index (χ2n) is 7.20. The molecule has 26 heavy (non-hydrogen) atoms. The Morgan fingerprint density at radius 1 is 1.19 bits per heavy atom. The lowest BCUT2D eigenvalue weighted by Crippen LogP contribution is -2.38. The highest BCUT2D eigenvalue weighted by molar-refractivity contribution is 5.93. The molecule has 0 saturated heterocycles. The molecule has 1 aliphatic rings. The van der Waals surface area contributed by atoms with Crippen molar-refractivity contribution < 1.29 is 9.53 Å². The summed E-state index contributed by atoms with van der Waals surface area (Å²) < 4.78 is 5.36. The van der Waals surface area contributed by atoms with Crippen LogP contribution < -0.4 is 10.1 Å². The highest BCUT2D eigenvalue weighted by Crippen LogP contribution is 2.28. The maximum atomic E-state index is 12.7. The van der Waals surface area contributed by atoms with Crippen molar-refractivity contribution in [3.63, 3.8) is 0 Å². The summed E-state index contributed by atoms with van der Waals surface area (Å²) in [4.78, 5) is 14.9. The molecule has 138 valence electrons. The monoisotopic (exact) mass is 352 g/mol. The molecule has 2 aromatic carbocycles. The van der Waals surface area contributed by atoms with E-state index in [9.17, 15) is 4.79 Å². The maximum absolute atomic E-state index is 12.7. The minimum atomic E-state index is 0.00385. The molecule has 1 aliphatic carbocycles. The van der Waals surface area contributed by atoms with Crippen LogP contribution in [-0.4, -0.2) is 31.0 Å². The van der Waals surface area contributed by atoms with Gasteiger partial charge in [0.2, 0.25) is 5.91 Å². The van der Waals surface area contributed by atoms with Crippen molar-refractivity contribution in [1.82, 2.24) is 4.90 Å². The minimum Gasteiger partial charge on any atom is -0.495 e. The number of benzene rings is 2. The second kappa shape index (κ2) is 8.86. The Morgan fingerprint density at radius 3 is 2.62 bits per heavy atom. The van der Waals surface area contributed by atoms with Crippen molar-refractivity contribution in [2.45, 2.75) is 32.7 Å². The number of amides is 1. The number of nitrogens with zero attached hydrogens (tertiary/aromatic N) is 1. The van der Waals surface area contributed by atoms with E-state index in [2.05, 4.69) is 34.5 Å². The third kappa shape index (κ3) is 5.09. The Kier molecular flexibility index (Phi) is 6.29. The number of anilines is 1. The van der Waals surface area contributed by atoms with Crippen LogP contribution in [0.2, 0.25) is 0 Å². The van der Waals surface area contributed by atoms with Gasteiger partial charge in [-0.15, -0.1) is 0 Å². The molecular weight excluding hydrogens is 324 g/mol. The molecule has 0 atom stereocenters. The summed E-state index contributed by atoms with van der Waals surface area (Å²) in [5, 5.41) is 3.02. The Hall–Kier alpha value is -2.33. The molecular formula is C22H28N2O2. The van der Waals surface area contributed by atoms with E-state index in [1.54, 1.807) is 7.11 Å². The largest absolute Gasteiger partial charge is 0.495 e. The van der Waals surface area contributed by atoms with Crippen LogP contribution in [0.3, 0.4) is 0 Å². The highest BCUT2D eigenvalue weighted by atomic mass is 16.5. The number of ether oxygens (including phenoxy) is 1. The molecule has 0 aromatic heterocycles. The number of rotatable bonds is 8. The van der Waals surface area contributed by atoms with E-state index in [-0.39, 0.29) is 5.91 Å². The highest BCUT2D eigenvalue weighted by Gasteiger charge is 2.22. The molecule has 1 N–H and O–H groups in total. The summed E-state index contributed by atoms with van der Waals surface area (Å²) in [6, 6.07) is 16.2. The first-order valence-corrected chi connectivity index (χ1v) is 9.35. The van der Waals surface area contributed by atoms with Gasteiger partial charge in [0.15, 0.2) is 0 Å². The molecule has 0 bridgehead atoms. The summed E-state index contributed by atoms with van der Waals surface area (Å²) in [6.45, 7) is 4.18. The predicted molar refractivity (Wildman–Crippen MR) is 105 cm³/mol. The van der Waals surface area contributed by atoms with E-state index in [0.29, 0.717) is 12.3 Å². The third-order valence-electron chi connectivity index (χ3n) is 4.99. The van der Waals surface area contributed by atoms with Gasteiger partial charge in [-0.1, -0.05) is 42.8 Å². The van der Waals surface area contributed by atoms with Crippen LogP contribution in [-0.2, 0) is 11.3 Å². The normalized spacial score (nSPS) is 14.1. The quantitative estimate of drug-likeness (QED) is 0.772. The first-order chi connectivity index (χ1) is 12.6. The summed E-state index contributed by atoms with van der Waals surface area (Å²) in [5.41, 5.74) is 3.07. The van der Waals surface area contributed by atoms with Gasteiger partial charge in [-0.05, 0) is 48.9 Å². The van der Waals surface area contributed by atoms with Gasteiger partial charge >= 0.3 is 0 Å². The zero-order valence-electron chi connectivity index (χ0n) is 15.7. The lowest BCUT2D eigenvalue weighted by Gasteiger charge is -2.32. The maximum Gasteiger partial charge on any atom is 0.238 e. The number of aryl methyl sites for hydroxylation is 1. The lowest BCUT2D eigenvalue weighted by atomic mass is 9.85. The first kappa shape index (κ1) is 18.5. The number of methoxy groups -OCH3 is 1. The fourth-order valence-electron chi connectivity index (χ4n) is 3.38. The number of carbonyl (C=O) groups excluding carboxylic acids is 1.